The predicted octanol–water partition coefficient (Wildman–Crippen LogP) is 3.91. The molecule has 6 heteroatoms. The quantitative estimate of drug-likeness (QED) is 0.696. The second-order valence-corrected chi connectivity index (χ2v) is 6.87. The molecule has 3 aromatic rings. The van der Waals surface area contributed by atoms with Gasteiger partial charge in [-0.15, -0.1) is 0 Å². The van der Waals surface area contributed by atoms with Crippen molar-refractivity contribution in [2.24, 2.45) is 0 Å². The van der Waals surface area contributed by atoms with Crippen molar-refractivity contribution in [1.29, 1.82) is 0 Å². The van der Waals surface area contributed by atoms with Gasteiger partial charge in [0.1, 0.15) is 0 Å². The maximum Gasteiger partial charge on any atom is 0.262 e. The Morgan fingerprint density at radius 1 is 1.07 bits per heavy atom. The molecule has 29 heavy (non-hydrogen) atoms. The van der Waals surface area contributed by atoms with Gasteiger partial charge in [0.2, 0.25) is 0 Å². The Morgan fingerprint density at radius 3 is 2.69 bits per heavy atom. The summed E-state index contributed by atoms with van der Waals surface area (Å²) >= 11 is 0. The standard InChI is InChI=1S/C23H21N3O3/c1-26(14-16-7-3-2-4-8-16)18-10-5-9-17(13-18)23(28)25-20-12-6-11-19-22(20)29-15-21(27)24-19/h2-13H,14-15H2,1H3,(H,24,27)(H,25,28). The second kappa shape index (κ2) is 8.06. The van der Waals surface area contributed by atoms with Gasteiger partial charge in [-0.1, -0.05) is 42.5 Å². The van der Waals surface area contributed by atoms with E-state index in [-0.39, 0.29) is 18.4 Å². The summed E-state index contributed by atoms with van der Waals surface area (Å²) in [6, 6.07) is 22.9. The summed E-state index contributed by atoms with van der Waals surface area (Å²) in [6.07, 6.45) is 0. The summed E-state index contributed by atoms with van der Waals surface area (Å²) in [5, 5.41) is 5.62. The Hall–Kier alpha value is -3.80. The molecule has 0 fully saturated rings. The Bertz CT molecular complexity index is 1050. The molecule has 6 nitrogen and oxygen atoms in total. The summed E-state index contributed by atoms with van der Waals surface area (Å²) in [7, 11) is 1.99. The zero-order chi connectivity index (χ0) is 20.2. The Morgan fingerprint density at radius 2 is 1.86 bits per heavy atom. The van der Waals surface area contributed by atoms with E-state index in [1.807, 2.05) is 43.4 Å². The van der Waals surface area contributed by atoms with Crippen LogP contribution in [0.3, 0.4) is 0 Å². The summed E-state index contributed by atoms with van der Waals surface area (Å²) in [5.74, 6) is 0.0155. The molecule has 0 bridgehead atoms. The molecule has 0 spiro atoms. The van der Waals surface area contributed by atoms with Crippen LogP contribution in [0.25, 0.3) is 0 Å². The number of hydrogen-bond donors (Lipinski definition) is 2. The molecular formula is C23H21N3O3. The number of rotatable bonds is 5. The minimum atomic E-state index is -0.242. The van der Waals surface area contributed by atoms with Crippen LogP contribution in [0.2, 0.25) is 0 Å². The fourth-order valence-electron chi connectivity index (χ4n) is 3.24. The first-order valence-electron chi connectivity index (χ1n) is 9.32. The first-order chi connectivity index (χ1) is 14.1. The van der Waals surface area contributed by atoms with Gasteiger partial charge in [0.05, 0.1) is 11.4 Å². The fraction of sp³-hybridized carbons (Fsp3) is 0.130. The van der Waals surface area contributed by atoms with Crippen molar-refractivity contribution in [3.8, 4) is 5.75 Å². The van der Waals surface area contributed by atoms with E-state index >= 15 is 0 Å². The third kappa shape index (κ3) is 4.21. The lowest BCUT2D eigenvalue weighted by molar-refractivity contribution is -0.118. The van der Waals surface area contributed by atoms with Gasteiger partial charge in [-0.25, -0.2) is 0 Å². The lowest BCUT2D eigenvalue weighted by Gasteiger charge is -2.21. The van der Waals surface area contributed by atoms with E-state index in [0.717, 1.165) is 12.2 Å². The minimum Gasteiger partial charge on any atom is -0.479 e. The van der Waals surface area contributed by atoms with Gasteiger partial charge in [-0.05, 0) is 35.9 Å². The van der Waals surface area contributed by atoms with Crippen LogP contribution in [-0.4, -0.2) is 25.5 Å². The SMILES string of the molecule is CN(Cc1ccccc1)c1cccc(C(=O)Nc2cccc3c2OCC(=O)N3)c1. The zero-order valence-electron chi connectivity index (χ0n) is 16.0. The molecule has 3 aromatic carbocycles. The third-order valence-corrected chi connectivity index (χ3v) is 4.70. The summed E-state index contributed by atoms with van der Waals surface area (Å²) < 4.78 is 5.50. The van der Waals surface area contributed by atoms with Gasteiger partial charge in [-0.3, -0.25) is 9.59 Å². The predicted molar refractivity (Wildman–Crippen MR) is 114 cm³/mol. The molecular weight excluding hydrogens is 366 g/mol. The average Bonchev–Trinajstić information content (AvgIpc) is 2.74. The molecule has 0 unspecified atom stereocenters. The molecule has 0 aliphatic carbocycles. The smallest absolute Gasteiger partial charge is 0.262 e. The molecule has 1 aliphatic rings. The topological polar surface area (TPSA) is 70.7 Å². The fourth-order valence-corrected chi connectivity index (χ4v) is 3.24. The van der Waals surface area contributed by atoms with Crippen LogP contribution < -0.4 is 20.3 Å². The molecule has 146 valence electrons. The van der Waals surface area contributed by atoms with Crippen molar-refractivity contribution in [2.75, 3.05) is 29.2 Å². The number of nitrogens with zero attached hydrogens (tertiary/aromatic N) is 1. The number of hydrogen-bond acceptors (Lipinski definition) is 4. The summed E-state index contributed by atoms with van der Waals surface area (Å²) in [4.78, 5) is 26.4. The number of fused-ring (bicyclic) bond motifs is 1. The number of ether oxygens (including phenoxy) is 1. The highest BCUT2D eigenvalue weighted by molar-refractivity contribution is 6.07. The molecule has 0 saturated heterocycles. The average molecular weight is 387 g/mol. The van der Waals surface area contributed by atoms with Gasteiger partial charge in [0.25, 0.3) is 11.8 Å². The monoisotopic (exact) mass is 387 g/mol. The van der Waals surface area contributed by atoms with Gasteiger partial charge < -0.3 is 20.3 Å². The molecule has 1 aliphatic heterocycles. The number of benzene rings is 3. The normalized spacial score (nSPS) is 12.4. The largest absolute Gasteiger partial charge is 0.479 e. The molecule has 0 aromatic heterocycles. The lowest BCUT2D eigenvalue weighted by Crippen LogP contribution is -2.26. The first kappa shape index (κ1) is 18.6. The van der Waals surface area contributed by atoms with Crippen LogP contribution >= 0.6 is 0 Å². The number of anilines is 3. The van der Waals surface area contributed by atoms with Crippen LogP contribution in [-0.2, 0) is 11.3 Å². The summed E-state index contributed by atoms with van der Waals surface area (Å²) in [6.45, 7) is 0.672. The first-order valence-corrected chi connectivity index (χ1v) is 9.32. The molecule has 0 saturated carbocycles. The van der Waals surface area contributed by atoms with Crippen molar-refractivity contribution in [3.63, 3.8) is 0 Å². The van der Waals surface area contributed by atoms with Crippen molar-refractivity contribution < 1.29 is 14.3 Å². The van der Waals surface area contributed by atoms with E-state index in [4.69, 9.17) is 4.74 Å². The van der Waals surface area contributed by atoms with Crippen molar-refractivity contribution in [3.05, 3.63) is 83.9 Å². The van der Waals surface area contributed by atoms with E-state index in [1.54, 1.807) is 24.3 Å². The van der Waals surface area contributed by atoms with E-state index in [0.29, 0.717) is 22.7 Å². The van der Waals surface area contributed by atoms with E-state index < -0.39 is 0 Å². The molecule has 2 N–H and O–H groups in total. The van der Waals surface area contributed by atoms with Crippen molar-refractivity contribution >= 4 is 28.9 Å². The van der Waals surface area contributed by atoms with Crippen LogP contribution in [0.4, 0.5) is 17.1 Å². The maximum absolute atomic E-state index is 12.8. The second-order valence-electron chi connectivity index (χ2n) is 6.87. The molecule has 0 atom stereocenters. The Labute approximate surface area is 169 Å². The lowest BCUT2D eigenvalue weighted by atomic mass is 10.1. The minimum absolute atomic E-state index is 0.0698. The number of para-hydroxylation sites is 1. The number of carbonyl (C=O) groups is 2. The van der Waals surface area contributed by atoms with Gasteiger partial charge >= 0.3 is 0 Å². The number of amides is 2. The van der Waals surface area contributed by atoms with Crippen LogP contribution in [0.15, 0.2) is 72.8 Å². The van der Waals surface area contributed by atoms with Gasteiger partial charge in [0, 0.05) is 24.8 Å². The van der Waals surface area contributed by atoms with Crippen LogP contribution in [0.1, 0.15) is 15.9 Å². The van der Waals surface area contributed by atoms with Crippen molar-refractivity contribution in [2.45, 2.75) is 6.54 Å². The molecule has 4 rings (SSSR count). The highest BCUT2D eigenvalue weighted by Crippen LogP contribution is 2.35. The molecule has 1 heterocycles. The third-order valence-electron chi connectivity index (χ3n) is 4.70. The number of carbonyl (C=O) groups excluding carboxylic acids is 2. The molecule has 2 amide bonds. The number of nitrogens with one attached hydrogen (secondary N) is 2. The van der Waals surface area contributed by atoms with E-state index in [1.165, 1.54) is 5.56 Å². The van der Waals surface area contributed by atoms with Crippen molar-refractivity contribution in [1.82, 2.24) is 0 Å². The summed E-state index contributed by atoms with van der Waals surface area (Å²) in [5.41, 5.74) is 3.76. The maximum atomic E-state index is 12.8. The van der Waals surface area contributed by atoms with Gasteiger partial charge in [0.15, 0.2) is 12.4 Å². The van der Waals surface area contributed by atoms with Crippen LogP contribution in [0, 0.1) is 0 Å². The highest BCUT2D eigenvalue weighted by atomic mass is 16.5. The molecule has 0 radical (unpaired) electrons. The Balaban J connectivity index is 1.51. The van der Waals surface area contributed by atoms with E-state index in [9.17, 15) is 9.59 Å². The Kier molecular flexibility index (Phi) is 5.16. The van der Waals surface area contributed by atoms with E-state index in [2.05, 4.69) is 27.7 Å². The van der Waals surface area contributed by atoms with Gasteiger partial charge in [-0.2, -0.15) is 0 Å². The highest BCUT2D eigenvalue weighted by Gasteiger charge is 2.20. The zero-order valence-corrected chi connectivity index (χ0v) is 16.0. The van der Waals surface area contributed by atoms with Crippen LogP contribution in [0.5, 0.6) is 5.75 Å².